The summed E-state index contributed by atoms with van der Waals surface area (Å²) in [6, 6.07) is 8.20. The monoisotopic (exact) mass is 294 g/mol. The first kappa shape index (κ1) is 14.2. The molecule has 1 aliphatic carbocycles. The van der Waals surface area contributed by atoms with Crippen molar-refractivity contribution in [1.82, 2.24) is 0 Å². The molecule has 0 bridgehead atoms. The Morgan fingerprint density at radius 2 is 1.68 bits per heavy atom. The summed E-state index contributed by atoms with van der Waals surface area (Å²) in [6.45, 7) is 3.17. The van der Waals surface area contributed by atoms with Crippen LogP contribution in [0.5, 0.6) is 5.75 Å². The average molecular weight is 294 g/mol. The minimum absolute atomic E-state index is 0.177. The van der Waals surface area contributed by atoms with Crippen molar-refractivity contribution < 1.29 is 19.1 Å². The van der Waals surface area contributed by atoms with Crippen LogP contribution in [0.15, 0.2) is 30.3 Å². The fourth-order valence-corrected chi connectivity index (χ4v) is 2.92. The number of methoxy groups -OCH3 is 1. The maximum atomic E-state index is 12.9. The van der Waals surface area contributed by atoms with Gasteiger partial charge in [0.1, 0.15) is 5.75 Å². The van der Waals surface area contributed by atoms with Crippen molar-refractivity contribution in [3.05, 3.63) is 63.7 Å². The average Bonchev–Trinajstić information content (AvgIpc) is 2.51. The van der Waals surface area contributed by atoms with Crippen LogP contribution in [0.3, 0.4) is 0 Å². The number of benzene rings is 2. The maximum absolute atomic E-state index is 12.9. The molecule has 4 nitrogen and oxygen atoms in total. The van der Waals surface area contributed by atoms with Gasteiger partial charge in [-0.1, -0.05) is 24.3 Å². The van der Waals surface area contributed by atoms with Crippen molar-refractivity contribution >= 4 is 17.3 Å². The summed E-state index contributed by atoms with van der Waals surface area (Å²) in [5.74, 6) is -0.476. The lowest BCUT2D eigenvalue weighted by Crippen LogP contribution is -2.25. The van der Waals surface area contributed by atoms with Crippen LogP contribution in [0.1, 0.15) is 54.7 Å². The number of aryl methyl sites for hydroxylation is 1. The number of carbonyl (C=O) groups excluding carboxylic acids is 3. The summed E-state index contributed by atoms with van der Waals surface area (Å²) in [6.07, 6.45) is 0. The quantitative estimate of drug-likeness (QED) is 0.682. The van der Waals surface area contributed by atoms with E-state index in [1.807, 2.05) is 0 Å². The number of Topliss-reactive ketones (excluding diaryl/α,β-unsaturated/α-hetero) is 1. The second-order valence-corrected chi connectivity index (χ2v) is 5.28. The highest BCUT2D eigenvalue weighted by Gasteiger charge is 2.35. The molecule has 0 unspecified atom stereocenters. The molecule has 0 amide bonds. The molecule has 0 saturated carbocycles. The minimum Gasteiger partial charge on any atom is -0.496 e. The summed E-state index contributed by atoms with van der Waals surface area (Å²) in [5, 5.41) is 0. The molecular formula is C18H14O4. The molecule has 0 heterocycles. The number of carbonyl (C=O) groups is 3. The van der Waals surface area contributed by atoms with Crippen LogP contribution in [0.4, 0.5) is 0 Å². The van der Waals surface area contributed by atoms with E-state index < -0.39 is 0 Å². The predicted molar refractivity (Wildman–Crippen MR) is 81.0 cm³/mol. The number of fused-ring (bicyclic) bond motifs is 2. The van der Waals surface area contributed by atoms with Crippen molar-refractivity contribution in [2.75, 3.05) is 7.11 Å². The lowest BCUT2D eigenvalue weighted by molar-refractivity contribution is 0.0964. The summed E-state index contributed by atoms with van der Waals surface area (Å²) >= 11 is 0. The van der Waals surface area contributed by atoms with Gasteiger partial charge in [0, 0.05) is 22.3 Å². The zero-order valence-corrected chi connectivity index (χ0v) is 12.5. The van der Waals surface area contributed by atoms with Crippen LogP contribution in [-0.2, 0) is 0 Å². The van der Waals surface area contributed by atoms with E-state index in [0.717, 1.165) is 0 Å². The van der Waals surface area contributed by atoms with Gasteiger partial charge in [-0.05, 0) is 25.5 Å². The van der Waals surface area contributed by atoms with E-state index in [0.29, 0.717) is 16.9 Å². The van der Waals surface area contributed by atoms with Gasteiger partial charge in [-0.3, -0.25) is 14.4 Å². The van der Waals surface area contributed by atoms with Gasteiger partial charge in [0.15, 0.2) is 17.3 Å². The highest BCUT2D eigenvalue weighted by molar-refractivity contribution is 6.32. The van der Waals surface area contributed by atoms with Crippen molar-refractivity contribution in [1.29, 1.82) is 0 Å². The molecule has 0 N–H and O–H groups in total. The van der Waals surface area contributed by atoms with E-state index in [4.69, 9.17) is 4.74 Å². The van der Waals surface area contributed by atoms with Crippen molar-refractivity contribution in [3.63, 3.8) is 0 Å². The highest BCUT2D eigenvalue weighted by atomic mass is 16.5. The molecule has 0 fully saturated rings. The molecule has 2 aromatic rings. The van der Waals surface area contributed by atoms with E-state index in [-0.39, 0.29) is 39.6 Å². The van der Waals surface area contributed by atoms with Crippen LogP contribution in [0.2, 0.25) is 0 Å². The van der Waals surface area contributed by atoms with Crippen LogP contribution in [0, 0.1) is 6.92 Å². The molecular weight excluding hydrogens is 280 g/mol. The Hall–Kier alpha value is -2.75. The van der Waals surface area contributed by atoms with Gasteiger partial charge in [-0.2, -0.15) is 0 Å². The Balaban J connectivity index is 2.41. The van der Waals surface area contributed by atoms with Crippen molar-refractivity contribution in [3.8, 4) is 5.75 Å². The molecule has 110 valence electrons. The van der Waals surface area contributed by atoms with Gasteiger partial charge in [0.05, 0.1) is 12.7 Å². The minimum atomic E-state index is -0.337. The van der Waals surface area contributed by atoms with Crippen LogP contribution in [0.25, 0.3) is 0 Å². The molecule has 0 aliphatic heterocycles. The largest absolute Gasteiger partial charge is 0.496 e. The second-order valence-electron chi connectivity index (χ2n) is 5.28. The maximum Gasteiger partial charge on any atom is 0.198 e. The normalized spacial score (nSPS) is 12.7. The predicted octanol–water partition coefficient (Wildman–Crippen LogP) is 2.98. The Labute approximate surface area is 127 Å². The topological polar surface area (TPSA) is 60.4 Å². The SMILES string of the molecule is COc1ccc(C)c2c1C(=O)c1c(C(C)=O)cccc1C2=O. The van der Waals surface area contributed by atoms with E-state index in [2.05, 4.69) is 0 Å². The lowest BCUT2D eigenvalue weighted by atomic mass is 9.79. The Morgan fingerprint density at radius 3 is 2.32 bits per heavy atom. The smallest absolute Gasteiger partial charge is 0.198 e. The number of ether oxygens (including phenoxy) is 1. The van der Waals surface area contributed by atoms with E-state index in [9.17, 15) is 14.4 Å². The second kappa shape index (κ2) is 4.91. The molecule has 0 saturated heterocycles. The Bertz CT molecular complexity index is 846. The first-order chi connectivity index (χ1) is 10.5. The Morgan fingerprint density at radius 1 is 0.955 bits per heavy atom. The number of hydrogen-bond acceptors (Lipinski definition) is 4. The number of ketones is 3. The first-order valence-electron chi connectivity index (χ1n) is 6.88. The highest BCUT2D eigenvalue weighted by Crippen LogP contribution is 2.36. The summed E-state index contributed by atoms with van der Waals surface area (Å²) < 4.78 is 5.24. The molecule has 3 rings (SSSR count). The van der Waals surface area contributed by atoms with Gasteiger partial charge in [-0.15, -0.1) is 0 Å². The molecule has 1 aliphatic rings. The number of rotatable bonds is 2. The van der Waals surface area contributed by atoms with Crippen LogP contribution >= 0.6 is 0 Å². The summed E-state index contributed by atoms with van der Waals surface area (Å²) in [7, 11) is 1.45. The van der Waals surface area contributed by atoms with Gasteiger partial charge in [0.2, 0.25) is 0 Å². The standard InChI is InChI=1S/C18H14O4/c1-9-7-8-13(22-3)16-14(9)17(20)12-6-4-5-11(10(2)19)15(12)18(16)21/h4-8H,1-3H3. The lowest BCUT2D eigenvalue weighted by Gasteiger charge is -2.22. The zero-order valence-electron chi connectivity index (χ0n) is 12.5. The third-order valence-corrected chi connectivity index (χ3v) is 3.96. The van der Waals surface area contributed by atoms with Gasteiger partial charge in [-0.25, -0.2) is 0 Å². The molecule has 4 heteroatoms. The van der Waals surface area contributed by atoms with Crippen molar-refractivity contribution in [2.45, 2.75) is 13.8 Å². The molecule has 0 atom stereocenters. The van der Waals surface area contributed by atoms with Gasteiger partial charge >= 0.3 is 0 Å². The van der Waals surface area contributed by atoms with E-state index in [1.54, 1.807) is 37.3 Å². The van der Waals surface area contributed by atoms with Crippen LogP contribution in [-0.4, -0.2) is 24.5 Å². The fraction of sp³-hybridized carbons (Fsp3) is 0.167. The number of hydrogen-bond donors (Lipinski definition) is 0. The molecule has 0 aromatic heterocycles. The molecule has 2 aromatic carbocycles. The molecule has 0 radical (unpaired) electrons. The fourth-order valence-electron chi connectivity index (χ4n) is 2.92. The molecule has 22 heavy (non-hydrogen) atoms. The van der Waals surface area contributed by atoms with Crippen molar-refractivity contribution in [2.24, 2.45) is 0 Å². The third-order valence-electron chi connectivity index (χ3n) is 3.96. The first-order valence-corrected chi connectivity index (χ1v) is 6.88. The molecule has 0 spiro atoms. The summed E-state index contributed by atoms with van der Waals surface area (Å²) in [4.78, 5) is 37.5. The van der Waals surface area contributed by atoms with E-state index in [1.165, 1.54) is 14.0 Å². The Kier molecular flexibility index (Phi) is 3.17. The zero-order chi connectivity index (χ0) is 16.0. The third kappa shape index (κ3) is 1.80. The van der Waals surface area contributed by atoms with Gasteiger partial charge < -0.3 is 4.74 Å². The summed E-state index contributed by atoms with van der Waals surface area (Å²) in [5.41, 5.74) is 2.04. The van der Waals surface area contributed by atoms with Crippen LogP contribution < -0.4 is 4.74 Å². The van der Waals surface area contributed by atoms with E-state index >= 15 is 0 Å². The van der Waals surface area contributed by atoms with Gasteiger partial charge in [0.25, 0.3) is 0 Å².